The maximum Gasteiger partial charge on any atom is 0.262 e. The van der Waals surface area contributed by atoms with Gasteiger partial charge in [0.05, 0.1) is 16.7 Å². The number of hydrogen-bond acceptors (Lipinski definition) is 5. The van der Waals surface area contributed by atoms with Gasteiger partial charge in [0.15, 0.2) is 6.61 Å². The van der Waals surface area contributed by atoms with E-state index in [1.807, 2.05) is 39.8 Å². The number of hydrogen-bond donors (Lipinski definition) is 1. The van der Waals surface area contributed by atoms with Gasteiger partial charge in [-0.1, -0.05) is 19.9 Å². The quantitative estimate of drug-likeness (QED) is 0.590. The van der Waals surface area contributed by atoms with Gasteiger partial charge in [-0.25, -0.2) is 8.42 Å². The molecule has 31 heavy (non-hydrogen) atoms. The number of rotatable bonds is 10. The summed E-state index contributed by atoms with van der Waals surface area (Å²) < 4.78 is 38.5. The van der Waals surface area contributed by atoms with Crippen molar-refractivity contribution in [3.8, 4) is 11.5 Å². The number of anilines is 1. The summed E-state index contributed by atoms with van der Waals surface area (Å²) in [5.41, 5.74) is 2.49. The Balaban J connectivity index is 2.25. The van der Waals surface area contributed by atoms with Crippen LogP contribution in [0.1, 0.15) is 38.8 Å². The summed E-state index contributed by atoms with van der Waals surface area (Å²) in [5, 5.41) is 2.73. The lowest BCUT2D eigenvalue weighted by Crippen LogP contribution is -2.30. The van der Waals surface area contributed by atoms with Crippen molar-refractivity contribution in [2.75, 3.05) is 25.0 Å². The molecule has 0 heterocycles. The van der Waals surface area contributed by atoms with Crippen LogP contribution in [0.5, 0.6) is 11.5 Å². The third kappa shape index (κ3) is 6.45. The van der Waals surface area contributed by atoms with Gasteiger partial charge < -0.3 is 14.8 Å². The molecule has 2 aromatic rings. The van der Waals surface area contributed by atoms with Gasteiger partial charge in [-0.05, 0) is 69.2 Å². The number of benzene rings is 2. The van der Waals surface area contributed by atoms with Crippen molar-refractivity contribution in [1.29, 1.82) is 0 Å². The van der Waals surface area contributed by atoms with Crippen LogP contribution < -0.4 is 14.8 Å². The van der Waals surface area contributed by atoms with Crippen molar-refractivity contribution >= 4 is 21.6 Å². The van der Waals surface area contributed by atoms with E-state index >= 15 is 0 Å². The number of sulfonamides is 1. The molecule has 0 bridgehead atoms. The number of nitrogens with zero attached hydrogens (tertiary/aromatic N) is 1. The second-order valence-corrected chi connectivity index (χ2v) is 9.43. The van der Waals surface area contributed by atoms with Crippen LogP contribution in [-0.2, 0) is 14.8 Å². The smallest absolute Gasteiger partial charge is 0.262 e. The largest absolute Gasteiger partial charge is 0.489 e. The van der Waals surface area contributed by atoms with E-state index in [4.69, 9.17) is 9.47 Å². The predicted molar refractivity (Wildman–Crippen MR) is 122 cm³/mol. The first-order valence-corrected chi connectivity index (χ1v) is 11.8. The highest BCUT2D eigenvalue weighted by Gasteiger charge is 2.23. The first-order chi connectivity index (χ1) is 14.6. The lowest BCUT2D eigenvalue weighted by atomic mass is 10.1. The van der Waals surface area contributed by atoms with Crippen molar-refractivity contribution in [3.63, 3.8) is 0 Å². The number of aryl methyl sites for hydroxylation is 2. The molecule has 8 heteroatoms. The van der Waals surface area contributed by atoms with Gasteiger partial charge in [0.2, 0.25) is 10.0 Å². The minimum Gasteiger partial charge on any atom is -0.489 e. The topological polar surface area (TPSA) is 84.9 Å². The van der Waals surface area contributed by atoms with E-state index in [2.05, 4.69) is 5.32 Å². The van der Waals surface area contributed by atoms with Crippen molar-refractivity contribution in [2.45, 2.75) is 52.5 Å². The molecule has 0 fully saturated rings. The summed E-state index contributed by atoms with van der Waals surface area (Å²) in [5.74, 6) is 0.576. The van der Waals surface area contributed by atoms with Gasteiger partial charge in [-0.2, -0.15) is 4.31 Å². The zero-order valence-corrected chi connectivity index (χ0v) is 19.9. The first kappa shape index (κ1) is 24.7. The zero-order chi connectivity index (χ0) is 23.2. The molecule has 7 nitrogen and oxygen atoms in total. The van der Waals surface area contributed by atoms with Crippen molar-refractivity contribution in [2.24, 2.45) is 0 Å². The van der Waals surface area contributed by atoms with Gasteiger partial charge in [0.1, 0.15) is 11.5 Å². The Hall–Kier alpha value is -2.58. The summed E-state index contributed by atoms with van der Waals surface area (Å²) in [6.07, 6.45) is -0.146. The van der Waals surface area contributed by atoms with Gasteiger partial charge in [-0.3, -0.25) is 4.79 Å². The van der Waals surface area contributed by atoms with E-state index in [0.717, 1.165) is 11.1 Å². The molecular weight excluding hydrogens is 416 g/mol. The molecule has 2 aromatic carbocycles. The lowest BCUT2D eigenvalue weighted by Gasteiger charge is -2.20. The molecular formula is C23H32N2O5S. The van der Waals surface area contributed by atoms with E-state index in [1.54, 1.807) is 26.0 Å². The highest BCUT2D eigenvalue weighted by molar-refractivity contribution is 7.89. The maximum atomic E-state index is 12.9. The molecule has 0 spiro atoms. The van der Waals surface area contributed by atoms with E-state index in [-0.39, 0.29) is 23.3 Å². The fraction of sp³-hybridized carbons (Fsp3) is 0.435. The number of carbonyl (C=O) groups is 1. The lowest BCUT2D eigenvalue weighted by molar-refractivity contribution is -0.118. The number of carbonyl (C=O) groups excluding carboxylic acids is 1. The zero-order valence-electron chi connectivity index (χ0n) is 19.1. The van der Waals surface area contributed by atoms with E-state index < -0.39 is 15.9 Å². The summed E-state index contributed by atoms with van der Waals surface area (Å²) >= 11 is 0. The second kappa shape index (κ2) is 10.6. The minimum absolute atomic E-state index is 0.0951. The first-order valence-electron chi connectivity index (χ1n) is 10.4. The van der Waals surface area contributed by atoms with Crippen LogP contribution in [0, 0.1) is 13.8 Å². The van der Waals surface area contributed by atoms with Crippen molar-refractivity contribution < 1.29 is 22.7 Å². The van der Waals surface area contributed by atoms with Crippen molar-refractivity contribution in [1.82, 2.24) is 4.31 Å². The Morgan fingerprint density at radius 2 is 1.71 bits per heavy atom. The Morgan fingerprint density at radius 1 is 1.03 bits per heavy atom. The molecule has 2 rings (SSSR count). The van der Waals surface area contributed by atoms with Crippen LogP contribution in [0.4, 0.5) is 5.69 Å². The van der Waals surface area contributed by atoms with Crippen LogP contribution in [0.25, 0.3) is 0 Å². The van der Waals surface area contributed by atoms with Gasteiger partial charge in [0.25, 0.3) is 5.91 Å². The van der Waals surface area contributed by atoms with E-state index in [0.29, 0.717) is 24.6 Å². The number of nitrogens with one attached hydrogen (secondary N) is 1. The highest BCUT2D eigenvalue weighted by Crippen LogP contribution is 2.30. The van der Waals surface area contributed by atoms with Crippen LogP contribution >= 0.6 is 0 Å². The molecule has 0 aliphatic rings. The van der Waals surface area contributed by atoms with E-state index in [1.165, 1.54) is 16.4 Å². The molecule has 170 valence electrons. The maximum absolute atomic E-state index is 12.9. The van der Waals surface area contributed by atoms with Gasteiger partial charge >= 0.3 is 0 Å². The third-order valence-corrected chi connectivity index (χ3v) is 6.83. The molecule has 1 N–H and O–H groups in total. The molecule has 1 amide bonds. The Bertz CT molecular complexity index is 1010. The van der Waals surface area contributed by atoms with Crippen molar-refractivity contribution in [3.05, 3.63) is 47.5 Å². The SMILES string of the molecule is CCN(CC)S(=O)(=O)c1ccc(OC(C)C)c(NC(=O)COc2ccc(C)c(C)c2)c1. The van der Waals surface area contributed by atoms with Crippen LogP contribution in [0.3, 0.4) is 0 Å². The normalized spacial score (nSPS) is 11.6. The monoisotopic (exact) mass is 448 g/mol. The van der Waals surface area contributed by atoms with Gasteiger partial charge in [0, 0.05) is 13.1 Å². The summed E-state index contributed by atoms with van der Waals surface area (Å²) in [6.45, 7) is 11.7. The molecule has 0 unspecified atom stereocenters. The number of ether oxygens (including phenoxy) is 2. The standard InChI is InChI=1S/C23H32N2O5S/c1-7-25(8-2)31(27,28)20-11-12-22(30-16(3)4)21(14-20)24-23(26)15-29-19-10-9-17(5)18(6)13-19/h9-14,16H,7-8,15H2,1-6H3,(H,24,26). The predicted octanol–water partition coefficient (Wildman–Crippen LogP) is 4.14. The second-order valence-electron chi connectivity index (χ2n) is 7.50. The van der Waals surface area contributed by atoms with E-state index in [9.17, 15) is 13.2 Å². The molecule has 0 saturated heterocycles. The summed E-state index contributed by atoms with van der Waals surface area (Å²) in [4.78, 5) is 12.6. The van der Waals surface area contributed by atoms with Crippen LogP contribution in [-0.4, -0.2) is 44.4 Å². The fourth-order valence-electron chi connectivity index (χ4n) is 2.98. The molecule has 0 aromatic heterocycles. The minimum atomic E-state index is -3.67. The summed E-state index contributed by atoms with van der Waals surface area (Å²) in [7, 11) is -3.67. The molecule has 0 radical (unpaired) electrons. The molecule has 0 saturated carbocycles. The summed E-state index contributed by atoms with van der Waals surface area (Å²) in [6, 6.07) is 10.1. The van der Waals surface area contributed by atoms with Crippen LogP contribution in [0.15, 0.2) is 41.3 Å². The number of amides is 1. The van der Waals surface area contributed by atoms with Gasteiger partial charge in [-0.15, -0.1) is 0 Å². The average molecular weight is 449 g/mol. The fourth-order valence-corrected chi connectivity index (χ4v) is 4.46. The molecule has 0 aliphatic carbocycles. The van der Waals surface area contributed by atoms with Crippen LogP contribution in [0.2, 0.25) is 0 Å². The third-order valence-electron chi connectivity index (χ3n) is 4.78. The molecule has 0 atom stereocenters. The Morgan fingerprint density at radius 3 is 2.29 bits per heavy atom. The molecule has 0 aliphatic heterocycles. The average Bonchev–Trinajstić information content (AvgIpc) is 2.70. The Kier molecular flexibility index (Phi) is 8.47. The highest BCUT2D eigenvalue weighted by atomic mass is 32.2. The Labute approximate surface area is 185 Å².